The normalized spacial score (nSPS) is 11.9. The molecule has 0 aliphatic heterocycles. The Kier molecular flexibility index (Phi) is 6.52. The van der Waals surface area contributed by atoms with Gasteiger partial charge in [-0.25, -0.2) is 0 Å². The van der Waals surface area contributed by atoms with Crippen molar-refractivity contribution in [2.75, 3.05) is 0 Å². The van der Waals surface area contributed by atoms with Gasteiger partial charge < -0.3 is 14.6 Å². The number of hydrogen-bond acceptors (Lipinski definition) is 4. The highest BCUT2D eigenvalue weighted by atomic mass is 79.9. The van der Waals surface area contributed by atoms with Gasteiger partial charge in [-0.15, -0.1) is 0 Å². The lowest BCUT2D eigenvalue weighted by Gasteiger charge is -2.18. The third-order valence-electron chi connectivity index (χ3n) is 4.67. The van der Waals surface area contributed by atoms with Crippen molar-refractivity contribution in [2.45, 2.75) is 39.8 Å². The molecule has 0 saturated heterocycles. The zero-order valence-corrected chi connectivity index (χ0v) is 17.7. The Balaban J connectivity index is 1.62. The van der Waals surface area contributed by atoms with E-state index in [1.807, 2.05) is 38.1 Å². The van der Waals surface area contributed by atoms with Gasteiger partial charge in [0.2, 0.25) is 0 Å². The second-order valence-corrected chi connectivity index (χ2v) is 7.52. The van der Waals surface area contributed by atoms with E-state index >= 15 is 0 Å². The Hall–Kier alpha value is -2.60. The third kappa shape index (κ3) is 4.81. The molecule has 5 nitrogen and oxygen atoms in total. The fourth-order valence-electron chi connectivity index (χ4n) is 2.92. The summed E-state index contributed by atoms with van der Waals surface area (Å²) in [6.45, 7) is 6.19. The molecule has 1 heterocycles. The zero-order chi connectivity index (χ0) is 20.1. The summed E-state index contributed by atoms with van der Waals surface area (Å²) >= 11 is 3.44. The number of carbonyl (C=O) groups excluding carboxylic acids is 1. The molecule has 1 amide bonds. The second kappa shape index (κ2) is 9.06. The standard InChI is InChI=1S/C22H23BrN2O3/c1-4-21(16-5-9-18(23)10-6-16)24-22(26)17-7-11-19(12-8-17)27-13-20-14(2)25-28-15(20)3/h5-12,21H,4,13H2,1-3H3,(H,24,26)/t21-/m1/s1. The van der Waals surface area contributed by atoms with E-state index in [1.165, 1.54) is 0 Å². The van der Waals surface area contributed by atoms with Crippen LogP contribution in [-0.4, -0.2) is 11.1 Å². The Morgan fingerprint density at radius 2 is 1.82 bits per heavy atom. The minimum absolute atomic E-state index is 0.0314. The van der Waals surface area contributed by atoms with Crippen LogP contribution in [0.2, 0.25) is 0 Å². The van der Waals surface area contributed by atoms with Crippen LogP contribution in [0.3, 0.4) is 0 Å². The summed E-state index contributed by atoms with van der Waals surface area (Å²) in [6, 6.07) is 15.1. The molecule has 3 aromatic rings. The van der Waals surface area contributed by atoms with Crippen LogP contribution in [0.15, 0.2) is 57.5 Å². The van der Waals surface area contributed by atoms with Crippen LogP contribution in [0, 0.1) is 13.8 Å². The van der Waals surface area contributed by atoms with Crippen LogP contribution in [0.25, 0.3) is 0 Å². The molecule has 0 saturated carbocycles. The molecule has 0 aliphatic rings. The van der Waals surface area contributed by atoms with E-state index in [2.05, 4.69) is 33.3 Å². The molecule has 0 bridgehead atoms. The minimum Gasteiger partial charge on any atom is -0.489 e. The van der Waals surface area contributed by atoms with Crippen molar-refractivity contribution >= 4 is 21.8 Å². The van der Waals surface area contributed by atoms with E-state index in [-0.39, 0.29) is 11.9 Å². The molecule has 1 atom stereocenters. The average Bonchev–Trinajstić information content (AvgIpc) is 3.03. The molecular weight excluding hydrogens is 420 g/mol. The van der Waals surface area contributed by atoms with E-state index in [0.717, 1.165) is 33.5 Å². The van der Waals surface area contributed by atoms with E-state index in [9.17, 15) is 4.79 Å². The Morgan fingerprint density at radius 1 is 1.14 bits per heavy atom. The van der Waals surface area contributed by atoms with Gasteiger partial charge in [0.1, 0.15) is 18.1 Å². The van der Waals surface area contributed by atoms with Crippen molar-refractivity contribution in [3.05, 3.63) is 81.1 Å². The lowest BCUT2D eigenvalue weighted by molar-refractivity contribution is 0.0935. The molecule has 0 unspecified atom stereocenters. The first-order valence-corrected chi connectivity index (χ1v) is 9.98. The summed E-state index contributed by atoms with van der Waals surface area (Å²) in [4.78, 5) is 12.6. The lowest BCUT2D eigenvalue weighted by Crippen LogP contribution is -2.28. The van der Waals surface area contributed by atoms with Crippen LogP contribution >= 0.6 is 15.9 Å². The number of rotatable bonds is 7. The number of hydrogen-bond donors (Lipinski definition) is 1. The van der Waals surface area contributed by atoms with Crippen LogP contribution in [0.4, 0.5) is 0 Å². The number of aryl methyl sites for hydroxylation is 2. The first kappa shape index (κ1) is 20.1. The van der Waals surface area contributed by atoms with E-state index in [0.29, 0.717) is 17.9 Å². The first-order chi connectivity index (χ1) is 13.5. The molecule has 1 aromatic heterocycles. The maximum atomic E-state index is 12.6. The SMILES string of the molecule is CC[C@@H](NC(=O)c1ccc(OCc2c(C)noc2C)cc1)c1ccc(Br)cc1. The fraction of sp³-hybridized carbons (Fsp3) is 0.273. The lowest BCUT2D eigenvalue weighted by atomic mass is 10.0. The number of halogens is 1. The molecule has 0 spiro atoms. The second-order valence-electron chi connectivity index (χ2n) is 6.60. The molecule has 3 rings (SSSR count). The van der Waals surface area contributed by atoms with E-state index < -0.39 is 0 Å². The van der Waals surface area contributed by atoms with Gasteiger partial charge in [0, 0.05) is 10.0 Å². The maximum Gasteiger partial charge on any atom is 0.251 e. The maximum absolute atomic E-state index is 12.6. The minimum atomic E-state index is -0.105. The largest absolute Gasteiger partial charge is 0.489 e. The molecule has 2 aromatic carbocycles. The van der Waals surface area contributed by atoms with Gasteiger partial charge in [-0.3, -0.25) is 4.79 Å². The van der Waals surface area contributed by atoms with Crippen molar-refractivity contribution in [1.29, 1.82) is 0 Å². The van der Waals surface area contributed by atoms with Gasteiger partial charge in [-0.2, -0.15) is 0 Å². The molecule has 146 valence electrons. The third-order valence-corrected chi connectivity index (χ3v) is 5.20. The predicted octanol–water partition coefficient (Wildman–Crippen LogP) is 5.51. The zero-order valence-electron chi connectivity index (χ0n) is 16.2. The van der Waals surface area contributed by atoms with Crippen molar-refractivity contribution in [2.24, 2.45) is 0 Å². The van der Waals surface area contributed by atoms with Crippen LogP contribution < -0.4 is 10.1 Å². The summed E-state index contributed by atoms with van der Waals surface area (Å²) < 4.78 is 12.0. The molecule has 0 fully saturated rings. The van der Waals surface area contributed by atoms with Crippen molar-refractivity contribution in [3.63, 3.8) is 0 Å². The van der Waals surface area contributed by atoms with Crippen molar-refractivity contribution in [1.82, 2.24) is 10.5 Å². The molecule has 28 heavy (non-hydrogen) atoms. The van der Waals surface area contributed by atoms with E-state index in [1.54, 1.807) is 24.3 Å². The Morgan fingerprint density at radius 3 is 2.39 bits per heavy atom. The molecular formula is C22H23BrN2O3. The van der Waals surface area contributed by atoms with Gasteiger partial charge in [0.05, 0.1) is 17.3 Å². The topological polar surface area (TPSA) is 64.4 Å². The number of amides is 1. The number of aromatic nitrogens is 1. The number of benzene rings is 2. The smallest absolute Gasteiger partial charge is 0.251 e. The van der Waals surface area contributed by atoms with Gasteiger partial charge in [0.15, 0.2) is 0 Å². The van der Waals surface area contributed by atoms with Crippen LogP contribution in [0.5, 0.6) is 5.75 Å². The fourth-order valence-corrected chi connectivity index (χ4v) is 3.19. The highest BCUT2D eigenvalue weighted by Crippen LogP contribution is 2.21. The number of ether oxygens (including phenoxy) is 1. The van der Waals surface area contributed by atoms with Gasteiger partial charge in [-0.05, 0) is 62.2 Å². The highest BCUT2D eigenvalue weighted by Gasteiger charge is 2.14. The highest BCUT2D eigenvalue weighted by molar-refractivity contribution is 9.10. The van der Waals surface area contributed by atoms with E-state index in [4.69, 9.17) is 9.26 Å². The van der Waals surface area contributed by atoms with Crippen LogP contribution in [0.1, 0.15) is 52.3 Å². The quantitative estimate of drug-likeness (QED) is 0.523. The van der Waals surface area contributed by atoms with Crippen LogP contribution in [-0.2, 0) is 6.61 Å². The molecule has 6 heteroatoms. The summed E-state index contributed by atoms with van der Waals surface area (Å²) in [5.41, 5.74) is 3.45. The Bertz CT molecular complexity index is 914. The monoisotopic (exact) mass is 442 g/mol. The summed E-state index contributed by atoms with van der Waals surface area (Å²) in [5.74, 6) is 1.34. The number of carbonyl (C=O) groups is 1. The van der Waals surface area contributed by atoms with Crippen molar-refractivity contribution in [3.8, 4) is 5.75 Å². The van der Waals surface area contributed by atoms with Crippen molar-refractivity contribution < 1.29 is 14.1 Å². The molecule has 0 radical (unpaired) electrons. The predicted molar refractivity (Wildman–Crippen MR) is 111 cm³/mol. The van der Waals surface area contributed by atoms with Gasteiger partial charge in [-0.1, -0.05) is 40.1 Å². The van der Waals surface area contributed by atoms with Gasteiger partial charge >= 0.3 is 0 Å². The number of nitrogens with zero attached hydrogens (tertiary/aromatic N) is 1. The molecule has 1 N–H and O–H groups in total. The summed E-state index contributed by atoms with van der Waals surface area (Å²) in [7, 11) is 0. The number of nitrogens with one attached hydrogen (secondary N) is 1. The average molecular weight is 443 g/mol. The van der Waals surface area contributed by atoms with Gasteiger partial charge in [0.25, 0.3) is 5.91 Å². The summed E-state index contributed by atoms with van der Waals surface area (Å²) in [6.07, 6.45) is 0.812. The molecule has 0 aliphatic carbocycles. The summed E-state index contributed by atoms with van der Waals surface area (Å²) in [5, 5.41) is 7.01. The first-order valence-electron chi connectivity index (χ1n) is 9.19. The Labute approximate surface area is 173 Å².